The van der Waals surface area contributed by atoms with Crippen molar-refractivity contribution in [2.24, 2.45) is 0 Å². The van der Waals surface area contributed by atoms with Crippen LogP contribution < -0.4 is 10.1 Å². The van der Waals surface area contributed by atoms with Crippen molar-refractivity contribution >= 4 is 11.8 Å². The third-order valence-electron chi connectivity index (χ3n) is 4.29. The van der Waals surface area contributed by atoms with Crippen molar-refractivity contribution in [1.29, 1.82) is 0 Å². The average Bonchev–Trinajstić information content (AvgIpc) is 2.69. The molecule has 0 fully saturated rings. The summed E-state index contributed by atoms with van der Waals surface area (Å²) in [7, 11) is 1.61. The molecule has 2 amide bonds. The van der Waals surface area contributed by atoms with Crippen LogP contribution in [-0.4, -0.2) is 36.4 Å². The number of nitrogens with one attached hydrogen (secondary N) is 1. The molecule has 2 aromatic rings. The zero-order valence-electron chi connectivity index (χ0n) is 15.9. The smallest absolute Gasteiger partial charge is 0.243 e. The number of ether oxygens (including phenoxy) is 1. The lowest BCUT2D eigenvalue weighted by molar-refractivity contribution is -0.139. The van der Waals surface area contributed by atoms with Crippen molar-refractivity contribution in [2.75, 3.05) is 13.7 Å². The summed E-state index contributed by atoms with van der Waals surface area (Å²) in [6.45, 7) is 5.83. The predicted octanol–water partition coefficient (Wildman–Crippen LogP) is 2.96. The lowest BCUT2D eigenvalue weighted by atomic mass is 10.0. The van der Waals surface area contributed by atoms with Crippen LogP contribution in [0.4, 0.5) is 0 Å². The highest BCUT2D eigenvalue weighted by molar-refractivity contribution is 5.87. The molecule has 1 atom stereocenters. The molecule has 0 saturated carbocycles. The molecule has 0 aliphatic rings. The maximum Gasteiger partial charge on any atom is 0.243 e. The van der Waals surface area contributed by atoms with Gasteiger partial charge in [-0.2, -0.15) is 0 Å². The van der Waals surface area contributed by atoms with E-state index in [0.717, 1.165) is 16.9 Å². The Morgan fingerprint density at radius 3 is 2.33 bits per heavy atom. The number of hydrogen-bond donors (Lipinski definition) is 1. The Morgan fingerprint density at radius 1 is 1.11 bits per heavy atom. The van der Waals surface area contributed by atoms with Crippen molar-refractivity contribution < 1.29 is 14.3 Å². The molecule has 1 N–H and O–H groups in total. The predicted molar refractivity (Wildman–Crippen MR) is 106 cm³/mol. The highest BCUT2D eigenvalue weighted by Gasteiger charge is 2.28. The molecule has 0 saturated heterocycles. The lowest BCUT2D eigenvalue weighted by Crippen LogP contribution is -2.49. The minimum absolute atomic E-state index is 0.152. The van der Waals surface area contributed by atoms with Gasteiger partial charge < -0.3 is 15.0 Å². The minimum atomic E-state index is -0.605. The van der Waals surface area contributed by atoms with Gasteiger partial charge in [0.1, 0.15) is 11.8 Å². The second kappa shape index (κ2) is 10.2. The minimum Gasteiger partial charge on any atom is -0.497 e. The molecule has 0 heterocycles. The van der Waals surface area contributed by atoms with E-state index in [9.17, 15) is 9.59 Å². The lowest BCUT2D eigenvalue weighted by Gasteiger charge is -2.30. The normalized spacial score (nSPS) is 11.3. The summed E-state index contributed by atoms with van der Waals surface area (Å²) >= 11 is 0. The summed E-state index contributed by atoms with van der Waals surface area (Å²) in [5.74, 6) is 0.403. The van der Waals surface area contributed by atoms with Crippen LogP contribution in [0.5, 0.6) is 5.75 Å². The van der Waals surface area contributed by atoms with Gasteiger partial charge >= 0.3 is 0 Å². The van der Waals surface area contributed by atoms with E-state index in [-0.39, 0.29) is 11.8 Å². The number of benzene rings is 2. The van der Waals surface area contributed by atoms with Gasteiger partial charge in [0.2, 0.25) is 11.8 Å². The molecule has 0 aliphatic carbocycles. The van der Waals surface area contributed by atoms with Crippen LogP contribution in [0.3, 0.4) is 0 Å². The molecular weight excluding hydrogens is 340 g/mol. The number of methoxy groups -OCH3 is 1. The standard InChI is InChI=1S/C22H26N2O3/c1-4-14-23-22(26)21(15-18-8-6-5-7-9-18)24(17(2)25)16-19-10-12-20(27-3)13-11-19/h4-13,21H,1,14-16H2,2-3H3,(H,23,26)/t21-/m1/s1. The largest absolute Gasteiger partial charge is 0.497 e. The quantitative estimate of drug-likeness (QED) is 0.694. The molecule has 5 heteroatoms. The van der Waals surface area contributed by atoms with E-state index in [1.165, 1.54) is 6.92 Å². The number of rotatable bonds is 9. The van der Waals surface area contributed by atoms with Gasteiger partial charge in [0.25, 0.3) is 0 Å². The summed E-state index contributed by atoms with van der Waals surface area (Å²) in [6, 6.07) is 16.6. The number of amides is 2. The Bertz CT molecular complexity index is 757. The zero-order chi connectivity index (χ0) is 19.6. The van der Waals surface area contributed by atoms with E-state index in [1.54, 1.807) is 18.1 Å². The van der Waals surface area contributed by atoms with Crippen LogP contribution >= 0.6 is 0 Å². The van der Waals surface area contributed by atoms with Crippen molar-refractivity contribution in [1.82, 2.24) is 10.2 Å². The van der Waals surface area contributed by atoms with Crippen LogP contribution in [0.2, 0.25) is 0 Å². The third-order valence-corrected chi connectivity index (χ3v) is 4.29. The number of hydrogen-bond acceptors (Lipinski definition) is 3. The van der Waals surface area contributed by atoms with Crippen LogP contribution in [0.15, 0.2) is 67.3 Å². The molecule has 27 heavy (non-hydrogen) atoms. The van der Waals surface area contributed by atoms with Gasteiger partial charge in [-0.1, -0.05) is 48.5 Å². The maximum atomic E-state index is 12.8. The molecular formula is C22H26N2O3. The first-order valence-electron chi connectivity index (χ1n) is 8.87. The van der Waals surface area contributed by atoms with Crippen molar-refractivity contribution in [2.45, 2.75) is 25.9 Å². The van der Waals surface area contributed by atoms with E-state index < -0.39 is 6.04 Å². The number of carbonyl (C=O) groups excluding carboxylic acids is 2. The third kappa shape index (κ3) is 5.99. The zero-order valence-corrected chi connectivity index (χ0v) is 15.9. The highest BCUT2D eigenvalue weighted by atomic mass is 16.5. The van der Waals surface area contributed by atoms with Crippen LogP contribution in [0.1, 0.15) is 18.1 Å². The topological polar surface area (TPSA) is 58.6 Å². The van der Waals surface area contributed by atoms with Gasteiger partial charge in [-0.3, -0.25) is 9.59 Å². The Balaban J connectivity index is 2.26. The molecule has 0 aromatic heterocycles. The fourth-order valence-corrected chi connectivity index (χ4v) is 2.84. The van der Waals surface area contributed by atoms with Gasteiger partial charge in [0.15, 0.2) is 0 Å². The number of carbonyl (C=O) groups is 2. The van der Waals surface area contributed by atoms with E-state index in [4.69, 9.17) is 4.74 Å². The first-order chi connectivity index (χ1) is 13.0. The molecule has 0 spiro atoms. The van der Waals surface area contributed by atoms with Crippen LogP contribution in [-0.2, 0) is 22.6 Å². The summed E-state index contributed by atoms with van der Waals surface area (Å²) in [5.41, 5.74) is 1.93. The molecule has 5 nitrogen and oxygen atoms in total. The van der Waals surface area contributed by atoms with Gasteiger partial charge in [-0.15, -0.1) is 6.58 Å². The number of nitrogens with zero attached hydrogens (tertiary/aromatic N) is 1. The van der Waals surface area contributed by atoms with Crippen LogP contribution in [0, 0.1) is 0 Å². The first kappa shape index (κ1) is 20.2. The molecule has 0 radical (unpaired) electrons. The van der Waals surface area contributed by atoms with E-state index in [0.29, 0.717) is 19.5 Å². The second-order valence-electron chi connectivity index (χ2n) is 6.23. The SMILES string of the molecule is C=CCNC(=O)[C@@H](Cc1ccccc1)N(Cc1ccc(OC)cc1)C(C)=O. The molecule has 142 valence electrons. The van der Waals surface area contributed by atoms with Gasteiger partial charge in [-0.05, 0) is 23.3 Å². The van der Waals surface area contributed by atoms with Crippen molar-refractivity contribution in [3.8, 4) is 5.75 Å². The molecule has 0 unspecified atom stereocenters. The monoisotopic (exact) mass is 366 g/mol. The molecule has 0 aliphatic heterocycles. The Hall–Kier alpha value is -3.08. The molecule has 0 bridgehead atoms. The van der Waals surface area contributed by atoms with Crippen molar-refractivity contribution in [3.05, 3.63) is 78.4 Å². The summed E-state index contributed by atoms with van der Waals surface area (Å²) in [6.07, 6.45) is 2.07. The highest BCUT2D eigenvalue weighted by Crippen LogP contribution is 2.17. The summed E-state index contributed by atoms with van der Waals surface area (Å²) in [5, 5.41) is 2.82. The van der Waals surface area contributed by atoms with E-state index >= 15 is 0 Å². The average molecular weight is 366 g/mol. The first-order valence-corrected chi connectivity index (χ1v) is 8.87. The fourth-order valence-electron chi connectivity index (χ4n) is 2.84. The van der Waals surface area contributed by atoms with Crippen LogP contribution in [0.25, 0.3) is 0 Å². The van der Waals surface area contributed by atoms with E-state index in [2.05, 4.69) is 11.9 Å². The van der Waals surface area contributed by atoms with E-state index in [1.807, 2.05) is 54.6 Å². The van der Waals surface area contributed by atoms with Gasteiger partial charge in [0.05, 0.1) is 7.11 Å². The van der Waals surface area contributed by atoms with Gasteiger partial charge in [-0.25, -0.2) is 0 Å². The van der Waals surface area contributed by atoms with Gasteiger partial charge in [0, 0.05) is 26.4 Å². The summed E-state index contributed by atoms with van der Waals surface area (Å²) in [4.78, 5) is 26.8. The Kier molecular flexibility index (Phi) is 7.62. The Labute approximate surface area is 160 Å². The Morgan fingerprint density at radius 2 is 1.78 bits per heavy atom. The molecule has 2 aromatic carbocycles. The fraction of sp³-hybridized carbons (Fsp3) is 0.273. The summed E-state index contributed by atoms with van der Waals surface area (Å²) < 4.78 is 5.18. The maximum absolute atomic E-state index is 12.8. The van der Waals surface area contributed by atoms with Crippen molar-refractivity contribution in [3.63, 3.8) is 0 Å². The molecule has 2 rings (SSSR count). The second-order valence-corrected chi connectivity index (χ2v) is 6.23.